The van der Waals surface area contributed by atoms with Crippen molar-refractivity contribution in [2.24, 2.45) is 0 Å². The lowest BCUT2D eigenvalue weighted by atomic mass is 10.0. The number of aliphatic hydroxyl groups is 1. The van der Waals surface area contributed by atoms with Crippen LogP contribution in [0.4, 0.5) is 4.79 Å². The molecule has 0 bridgehead atoms. The smallest absolute Gasteiger partial charge is 0.413 e. The van der Waals surface area contributed by atoms with E-state index in [1.165, 1.54) is 7.11 Å². The number of amides is 2. The summed E-state index contributed by atoms with van der Waals surface area (Å²) >= 11 is 0. The quantitative estimate of drug-likeness (QED) is 0.697. The predicted molar refractivity (Wildman–Crippen MR) is 56.8 cm³/mol. The number of alkyl carbamates (subject to hydrolysis) is 1. The van der Waals surface area contributed by atoms with Gasteiger partial charge >= 0.3 is 6.09 Å². The van der Waals surface area contributed by atoms with Crippen LogP contribution in [0.2, 0.25) is 0 Å². The van der Waals surface area contributed by atoms with Crippen molar-refractivity contribution in [2.75, 3.05) is 26.8 Å². The molecular weight excluding hydrogens is 212 g/mol. The van der Waals surface area contributed by atoms with Crippen LogP contribution < -0.4 is 5.32 Å². The van der Waals surface area contributed by atoms with Gasteiger partial charge in [-0.25, -0.2) is 4.79 Å². The second-order valence-electron chi connectivity index (χ2n) is 3.84. The first kappa shape index (κ1) is 12.9. The van der Waals surface area contributed by atoms with Crippen LogP contribution in [0, 0.1) is 0 Å². The Balaban J connectivity index is 2.39. The van der Waals surface area contributed by atoms with E-state index in [-0.39, 0.29) is 19.2 Å². The third kappa shape index (κ3) is 3.79. The van der Waals surface area contributed by atoms with Crippen LogP contribution in [0.3, 0.4) is 0 Å². The zero-order valence-corrected chi connectivity index (χ0v) is 9.44. The van der Waals surface area contributed by atoms with Gasteiger partial charge in [-0.3, -0.25) is 15.0 Å². The van der Waals surface area contributed by atoms with Crippen LogP contribution in [-0.4, -0.2) is 54.9 Å². The number of nitrogens with zero attached hydrogens (tertiary/aromatic N) is 1. The van der Waals surface area contributed by atoms with E-state index in [4.69, 9.17) is 5.11 Å². The first-order valence-corrected chi connectivity index (χ1v) is 5.40. The molecule has 2 N–H and O–H groups in total. The molecule has 1 rings (SSSR count). The molecule has 1 aliphatic rings. The Bertz CT molecular complexity index is 257. The van der Waals surface area contributed by atoms with Gasteiger partial charge in [-0.1, -0.05) is 6.42 Å². The van der Waals surface area contributed by atoms with E-state index in [0.29, 0.717) is 0 Å². The van der Waals surface area contributed by atoms with Crippen molar-refractivity contribution in [3.63, 3.8) is 0 Å². The average molecular weight is 230 g/mol. The summed E-state index contributed by atoms with van der Waals surface area (Å²) in [5.74, 6) is -0.396. The summed E-state index contributed by atoms with van der Waals surface area (Å²) in [5, 5.41) is 11.2. The number of aliphatic hydroxyl groups excluding tert-OH is 1. The second kappa shape index (κ2) is 6.44. The molecule has 1 aliphatic heterocycles. The van der Waals surface area contributed by atoms with Gasteiger partial charge in [-0.05, 0) is 19.4 Å². The summed E-state index contributed by atoms with van der Waals surface area (Å²) in [6, 6.07) is 0.0251. The maximum absolute atomic E-state index is 11.4. The van der Waals surface area contributed by atoms with Gasteiger partial charge in [0.05, 0.1) is 20.3 Å². The Morgan fingerprint density at radius 3 is 2.88 bits per heavy atom. The van der Waals surface area contributed by atoms with Gasteiger partial charge in [0, 0.05) is 6.04 Å². The normalized spacial score (nSPS) is 21.5. The number of carbonyl (C=O) groups excluding carboxylic acids is 2. The van der Waals surface area contributed by atoms with Crippen LogP contribution in [0.1, 0.15) is 19.3 Å². The molecule has 0 aromatic carbocycles. The van der Waals surface area contributed by atoms with Crippen LogP contribution in [-0.2, 0) is 9.53 Å². The molecule has 0 radical (unpaired) electrons. The maximum Gasteiger partial charge on any atom is 0.413 e. The molecule has 2 amide bonds. The van der Waals surface area contributed by atoms with Crippen molar-refractivity contribution < 1.29 is 19.4 Å². The Labute approximate surface area is 94.6 Å². The number of ether oxygens (including phenoxy) is 1. The van der Waals surface area contributed by atoms with Gasteiger partial charge in [0.25, 0.3) is 0 Å². The number of hydrogen-bond donors (Lipinski definition) is 2. The Morgan fingerprint density at radius 2 is 2.25 bits per heavy atom. The van der Waals surface area contributed by atoms with Crippen molar-refractivity contribution in [3.8, 4) is 0 Å². The SMILES string of the molecule is COC(=O)NC(=O)CN1CCCCC1CO. The fraction of sp³-hybridized carbons (Fsp3) is 0.800. The molecule has 1 saturated heterocycles. The zero-order chi connectivity index (χ0) is 12.0. The molecule has 1 atom stereocenters. The zero-order valence-electron chi connectivity index (χ0n) is 9.44. The Hall–Kier alpha value is -1.14. The highest BCUT2D eigenvalue weighted by Gasteiger charge is 2.24. The first-order valence-electron chi connectivity index (χ1n) is 5.40. The molecule has 92 valence electrons. The van der Waals surface area contributed by atoms with Crippen molar-refractivity contribution in [2.45, 2.75) is 25.3 Å². The minimum atomic E-state index is -0.748. The van der Waals surface area contributed by atoms with Gasteiger partial charge in [-0.15, -0.1) is 0 Å². The molecule has 6 nitrogen and oxygen atoms in total. The molecular formula is C10H18N2O4. The van der Waals surface area contributed by atoms with Gasteiger partial charge in [0.1, 0.15) is 0 Å². The number of nitrogens with one attached hydrogen (secondary N) is 1. The van der Waals surface area contributed by atoms with Crippen molar-refractivity contribution >= 4 is 12.0 Å². The first-order chi connectivity index (χ1) is 7.67. The third-order valence-corrected chi connectivity index (χ3v) is 2.73. The summed E-state index contributed by atoms with van der Waals surface area (Å²) in [6.07, 6.45) is 2.23. The van der Waals surface area contributed by atoms with Crippen molar-refractivity contribution in [3.05, 3.63) is 0 Å². The maximum atomic E-state index is 11.4. The van der Waals surface area contributed by atoms with Crippen LogP contribution in [0.5, 0.6) is 0 Å². The van der Waals surface area contributed by atoms with Crippen LogP contribution in [0.15, 0.2) is 0 Å². The second-order valence-corrected chi connectivity index (χ2v) is 3.84. The number of imide groups is 1. The van der Waals surface area contributed by atoms with Gasteiger partial charge < -0.3 is 9.84 Å². The minimum Gasteiger partial charge on any atom is -0.453 e. The summed E-state index contributed by atoms with van der Waals surface area (Å²) in [5.41, 5.74) is 0. The standard InChI is InChI=1S/C10H18N2O4/c1-16-10(15)11-9(14)6-12-5-3-2-4-8(12)7-13/h8,13H,2-7H2,1H3,(H,11,14,15). The number of carbonyl (C=O) groups is 2. The molecule has 0 saturated carbocycles. The molecule has 1 unspecified atom stereocenters. The monoisotopic (exact) mass is 230 g/mol. The van der Waals surface area contributed by atoms with Gasteiger partial charge in [-0.2, -0.15) is 0 Å². The van der Waals surface area contributed by atoms with Crippen molar-refractivity contribution in [1.29, 1.82) is 0 Å². The lowest BCUT2D eigenvalue weighted by Gasteiger charge is -2.33. The fourth-order valence-electron chi connectivity index (χ4n) is 1.86. The van der Waals surface area contributed by atoms with E-state index >= 15 is 0 Å². The van der Waals surface area contributed by atoms with E-state index in [1.54, 1.807) is 0 Å². The van der Waals surface area contributed by atoms with Crippen LogP contribution in [0.25, 0.3) is 0 Å². The Morgan fingerprint density at radius 1 is 1.50 bits per heavy atom. The van der Waals surface area contributed by atoms with E-state index in [1.807, 2.05) is 4.90 Å². The molecule has 0 aliphatic carbocycles. The molecule has 1 heterocycles. The number of methoxy groups -OCH3 is 1. The molecule has 16 heavy (non-hydrogen) atoms. The highest BCUT2D eigenvalue weighted by atomic mass is 16.5. The molecule has 0 aromatic rings. The predicted octanol–water partition coefficient (Wildman–Crippen LogP) is -0.284. The van der Waals surface area contributed by atoms with E-state index in [2.05, 4.69) is 10.1 Å². The molecule has 0 aromatic heterocycles. The molecule has 1 fully saturated rings. The topological polar surface area (TPSA) is 78.9 Å². The van der Waals surface area contributed by atoms with E-state index in [0.717, 1.165) is 25.8 Å². The van der Waals surface area contributed by atoms with E-state index in [9.17, 15) is 9.59 Å². The number of likely N-dealkylation sites (tertiary alicyclic amines) is 1. The molecule has 0 spiro atoms. The largest absolute Gasteiger partial charge is 0.453 e. The third-order valence-electron chi connectivity index (χ3n) is 2.73. The van der Waals surface area contributed by atoms with Gasteiger partial charge in [0.15, 0.2) is 0 Å². The highest BCUT2D eigenvalue weighted by molar-refractivity contribution is 5.92. The highest BCUT2D eigenvalue weighted by Crippen LogP contribution is 2.15. The number of piperidine rings is 1. The van der Waals surface area contributed by atoms with Crippen molar-refractivity contribution in [1.82, 2.24) is 10.2 Å². The molecule has 6 heteroatoms. The number of rotatable bonds is 3. The summed E-state index contributed by atoms with van der Waals surface area (Å²) in [6.45, 7) is 0.950. The summed E-state index contributed by atoms with van der Waals surface area (Å²) in [7, 11) is 1.21. The van der Waals surface area contributed by atoms with E-state index < -0.39 is 12.0 Å². The number of hydrogen-bond acceptors (Lipinski definition) is 5. The lowest BCUT2D eigenvalue weighted by molar-refractivity contribution is -0.122. The summed E-state index contributed by atoms with van der Waals surface area (Å²) < 4.78 is 4.32. The fourth-order valence-corrected chi connectivity index (χ4v) is 1.86. The lowest BCUT2D eigenvalue weighted by Crippen LogP contribution is -2.48. The summed E-state index contributed by atoms with van der Waals surface area (Å²) in [4.78, 5) is 24.1. The average Bonchev–Trinajstić information content (AvgIpc) is 2.29. The minimum absolute atomic E-state index is 0.0251. The van der Waals surface area contributed by atoms with Gasteiger partial charge in [0.2, 0.25) is 5.91 Å². The Kier molecular flexibility index (Phi) is 5.21. The van der Waals surface area contributed by atoms with Crippen LogP contribution >= 0.6 is 0 Å².